The molecule has 1 N–H and O–H groups in total. The van der Waals surface area contributed by atoms with Crippen LogP contribution < -0.4 is 5.32 Å². The third kappa shape index (κ3) is 4.47. The van der Waals surface area contributed by atoms with Gasteiger partial charge in [-0.3, -0.25) is 4.90 Å². The van der Waals surface area contributed by atoms with E-state index in [-0.39, 0.29) is 12.6 Å². The van der Waals surface area contributed by atoms with E-state index in [0.29, 0.717) is 12.8 Å². The fourth-order valence-corrected chi connectivity index (χ4v) is 2.59. The Morgan fingerprint density at radius 3 is 2.65 bits per heavy atom. The van der Waals surface area contributed by atoms with Gasteiger partial charge in [0.25, 0.3) is 0 Å². The number of likely N-dealkylation sites (tertiary alicyclic amines) is 1. The van der Waals surface area contributed by atoms with E-state index in [2.05, 4.69) is 12.2 Å². The van der Waals surface area contributed by atoms with Crippen LogP contribution in [0.15, 0.2) is 0 Å². The molecule has 5 heteroatoms. The lowest BCUT2D eigenvalue weighted by molar-refractivity contribution is -0.188. The average molecular weight is 252 g/mol. The Labute approximate surface area is 102 Å². The number of likely N-dealkylation sites (N-methyl/N-ethyl adjacent to an activating group) is 1. The van der Waals surface area contributed by atoms with Crippen LogP contribution >= 0.6 is 0 Å². The molecule has 1 saturated heterocycles. The Kier molecular flexibility index (Phi) is 5.73. The number of hydrogen-bond acceptors (Lipinski definition) is 2. The number of nitrogens with zero attached hydrogens (tertiary/aromatic N) is 1. The van der Waals surface area contributed by atoms with Crippen molar-refractivity contribution >= 4 is 0 Å². The van der Waals surface area contributed by atoms with Gasteiger partial charge in [-0.25, -0.2) is 0 Å². The van der Waals surface area contributed by atoms with Crippen molar-refractivity contribution < 1.29 is 13.2 Å². The summed E-state index contributed by atoms with van der Waals surface area (Å²) in [4.78, 5) is 2.02. The summed E-state index contributed by atoms with van der Waals surface area (Å²) in [7, 11) is 1.86. The second kappa shape index (κ2) is 6.59. The fourth-order valence-electron chi connectivity index (χ4n) is 2.59. The van der Waals surface area contributed by atoms with Gasteiger partial charge in [0.15, 0.2) is 0 Å². The number of alkyl halides is 3. The van der Waals surface area contributed by atoms with Gasteiger partial charge in [-0.05, 0) is 32.9 Å². The molecule has 0 aromatic rings. The molecule has 1 fully saturated rings. The third-order valence-corrected chi connectivity index (χ3v) is 3.49. The Balaban J connectivity index is 2.57. The smallest absolute Gasteiger partial charge is 0.318 e. The molecular formula is C12H23F3N2. The molecule has 0 saturated carbocycles. The molecule has 2 atom stereocenters. The summed E-state index contributed by atoms with van der Waals surface area (Å²) >= 11 is 0. The number of piperidine rings is 1. The summed E-state index contributed by atoms with van der Waals surface area (Å²) < 4.78 is 38.1. The van der Waals surface area contributed by atoms with E-state index in [9.17, 15) is 13.2 Å². The fraction of sp³-hybridized carbons (Fsp3) is 1.00. The van der Waals surface area contributed by atoms with Gasteiger partial charge < -0.3 is 5.32 Å². The zero-order valence-corrected chi connectivity index (χ0v) is 10.7. The highest BCUT2D eigenvalue weighted by atomic mass is 19.4. The minimum atomic E-state index is -4.03. The SMILES string of the molecule is CCCC(CNC)N1CCCC(C(F)(F)F)C1. The number of nitrogens with one attached hydrogen (secondary N) is 1. The van der Waals surface area contributed by atoms with Crippen LogP contribution in [0.1, 0.15) is 32.6 Å². The summed E-state index contributed by atoms with van der Waals surface area (Å²) in [5, 5.41) is 3.08. The highest BCUT2D eigenvalue weighted by molar-refractivity contribution is 4.83. The molecular weight excluding hydrogens is 229 g/mol. The van der Waals surface area contributed by atoms with Gasteiger partial charge in [-0.1, -0.05) is 13.3 Å². The van der Waals surface area contributed by atoms with Gasteiger partial charge in [0.1, 0.15) is 0 Å². The van der Waals surface area contributed by atoms with Crippen molar-refractivity contribution in [1.29, 1.82) is 0 Å². The molecule has 0 amide bonds. The van der Waals surface area contributed by atoms with Crippen LogP contribution in [0.25, 0.3) is 0 Å². The van der Waals surface area contributed by atoms with E-state index in [1.165, 1.54) is 0 Å². The highest BCUT2D eigenvalue weighted by Crippen LogP contribution is 2.33. The van der Waals surface area contributed by atoms with Gasteiger partial charge >= 0.3 is 6.18 Å². The van der Waals surface area contributed by atoms with Crippen LogP contribution in [0, 0.1) is 5.92 Å². The van der Waals surface area contributed by atoms with Crippen LogP contribution in [0.2, 0.25) is 0 Å². The Morgan fingerprint density at radius 2 is 2.12 bits per heavy atom. The van der Waals surface area contributed by atoms with Crippen molar-refractivity contribution in [2.24, 2.45) is 5.92 Å². The van der Waals surface area contributed by atoms with Crippen molar-refractivity contribution in [3.05, 3.63) is 0 Å². The Morgan fingerprint density at radius 1 is 1.41 bits per heavy atom. The van der Waals surface area contributed by atoms with E-state index in [1.54, 1.807) is 0 Å². The summed E-state index contributed by atoms with van der Waals surface area (Å²) in [5.74, 6) is -1.13. The second-order valence-electron chi connectivity index (χ2n) is 4.88. The molecule has 1 heterocycles. The predicted octanol–water partition coefficient (Wildman–Crippen LogP) is 2.65. The molecule has 1 aliphatic rings. The highest BCUT2D eigenvalue weighted by Gasteiger charge is 2.42. The Hall–Kier alpha value is -0.290. The summed E-state index contributed by atoms with van der Waals surface area (Å²) in [6, 6.07) is 0.246. The molecule has 1 rings (SSSR count). The first-order chi connectivity index (χ1) is 7.99. The lowest BCUT2D eigenvalue weighted by atomic mass is 9.95. The quantitative estimate of drug-likeness (QED) is 0.809. The average Bonchev–Trinajstić information content (AvgIpc) is 2.28. The van der Waals surface area contributed by atoms with E-state index in [1.807, 2.05) is 11.9 Å². The molecule has 0 aromatic carbocycles. The van der Waals surface area contributed by atoms with Crippen LogP contribution in [0.5, 0.6) is 0 Å². The van der Waals surface area contributed by atoms with Crippen molar-refractivity contribution in [3.8, 4) is 0 Å². The van der Waals surface area contributed by atoms with Crippen molar-refractivity contribution in [2.75, 3.05) is 26.7 Å². The third-order valence-electron chi connectivity index (χ3n) is 3.49. The van der Waals surface area contributed by atoms with Crippen LogP contribution in [0.3, 0.4) is 0 Å². The maximum absolute atomic E-state index is 12.7. The van der Waals surface area contributed by atoms with Gasteiger partial charge in [-0.15, -0.1) is 0 Å². The molecule has 1 aliphatic heterocycles. The molecule has 0 aliphatic carbocycles. The summed E-state index contributed by atoms with van der Waals surface area (Å²) in [6.07, 6.45) is -1.10. The van der Waals surface area contributed by atoms with E-state index < -0.39 is 12.1 Å². The molecule has 0 spiro atoms. The van der Waals surface area contributed by atoms with E-state index in [4.69, 9.17) is 0 Å². The number of halogens is 3. The second-order valence-corrected chi connectivity index (χ2v) is 4.88. The molecule has 0 bridgehead atoms. The van der Waals surface area contributed by atoms with Gasteiger partial charge in [0.05, 0.1) is 5.92 Å². The standard InChI is InChI=1S/C12H23F3N2/c1-3-5-11(8-16-2)17-7-4-6-10(9-17)12(13,14)15/h10-11,16H,3-9H2,1-2H3. The lowest BCUT2D eigenvalue weighted by Gasteiger charge is -2.38. The van der Waals surface area contributed by atoms with Gasteiger partial charge in [-0.2, -0.15) is 13.2 Å². The molecule has 2 unspecified atom stereocenters. The zero-order chi connectivity index (χ0) is 12.9. The monoisotopic (exact) mass is 252 g/mol. The van der Waals surface area contributed by atoms with Crippen LogP contribution in [0.4, 0.5) is 13.2 Å². The van der Waals surface area contributed by atoms with E-state index >= 15 is 0 Å². The van der Waals surface area contributed by atoms with Crippen LogP contribution in [-0.4, -0.2) is 43.8 Å². The van der Waals surface area contributed by atoms with Gasteiger partial charge in [0.2, 0.25) is 0 Å². The Bertz CT molecular complexity index is 212. The van der Waals surface area contributed by atoms with Crippen LogP contribution in [-0.2, 0) is 0 Å². The lowest BCUT2D eigenvalue weighted by Crippen LogP contribution is -2.49. The normalized spacial score (nSPS) is 24.9. The first-order valence-corrected chi connectivity index (χ1v) is 6.44. The zero-order valence-electron chi connectivity index (χ0n) is 10.7. The minimum Gasteiger partial charge on any atom is -0.318 e. The van der Waals surface area contributed by atoms with Gasteiger partial charge in [0, 0.05) is 19.1 Å². The number of rotatable bonds is 5. The molecule has 17 heavy (non-hydrogen) atoms. The molecule has 102 valence electrons. The molecule has 0 aromatic heterocycles. The topological polar surface area (TPSA) is 15.3 Å². The van der Waals surface area contributed by atoms with Crippen molar-refractivity contribution in [1.82, 2.24) is 10.2 Å². The first-order valence-electron chi connectivity index (χ1n) is 6.44. The van der Waals surface area contributed by atoms with E-state index in [0.717, 1.165) is 25.9 Å². The maximum Gasteiger partial charge on any atom is 0.393 e. The molecule has 2 nitrogen and oxygen atoms in total. The van der Waals surface area contributed by atoms with Crippen molar-refractivity contribution in [3.63, 3.8) is 0 Å². The van der Waals surface area contributed by atoms with Crippen molar-refractivity contribution in [2.45, 2.75) is 44.8 Å². The maximum atomic E-state index is 12.7. The number of hydrogen-bond donors (Lipinski definition) is 1. The summed E-state index contributed by atoms with van der Waals surface area (Å²) in [5.41, 5.74) is 0. The first kappa shape index (κ1) is 14.8. The summed E-state index contributed by atoms with van der Waals surface area (Å²) in [6.45, 7) is 3.83. The molecule has 0 radical (unpaired) electrons. The minimum absolute atomic E-state index is 0.176. The predicted molar refractivity (Wildman–Crippen MR) is 63.0 cm³/mol. The largest absolute Gasteiger partial charge is 0.393 e.